The molecule has 2 heterocycles. The van der Waals surface area contributed by atoms with E-state index in [4.69, 9.17) is 9.15 Å². The SMILES string of the molecule is O=C(NC[C@@H](c1ccco1)N1CCOCC1)c1ccc([N+](=O)[O-])cc1. The lowest BCUT2D eigenvalue weighted by atomic mass is 10.1. The second kappa shape index (κ2) is 7.91. The molecule has 0 unspecified atom stereocenters. The fraction of sp³-hybridized carbons (Fsp3) is 0.353. The molecule has 1 saturated heterocycles. The summed E-state index contributed by atoms with van der Waals surface area (Å²) >= 11 is 0. The highest BCUT2D eigenvalue weighted by Gasteiger charge is 2.25. The third kappa shape index (κ3) is 4.23. The number of nitrogens with one attached hydrogen (secondary N) is 1. The minimum absolute atomic E-state index is 0.0432. The maximum atomic E-state index is 12.3. The van der Waals surface area contributed by atoms with Gasteiger partial charge in [-0.05, 0) is 24.3 Å². The Kier molecular flexibility index (Phi) is 5.42. The predicted octanol–water partition coefficient (Wildman–Crippen LogP) is 1.99. The molecular weight excluding hydrogens is 326 g/mol. The number of benzene rings is 1. The summed E-state index contributed by atoms with van der Waals surface area (Å²) in [7, 11) is 0. The van der Waals surface area contributed by atoms with E-state index in [2.05, 4.69) is 10.2 Å². The van der Waals surface area contributed by atoms with Crippen LogP contribution in [-0.4, -0.2) is 48.6 Å². The zero-order chi connectivity index (χ0) is 17.6. The molecule has 8 nitrogen and oxygen atoms in total. The van der Waals surface area contributed by atoms with Gasteiger partial charge in [0.15, 0.2) is 0 Å². The molecule has 1 aliphatic rings. The van der Waals surface area contributed by atoms with Gasteiger partial charge >= 0.3 is 0 Å². The van der Waals surface area contributed by atoms with Crippen LogP contribution in [0.4, 0.5) is 5.69 Å². The number of hydrogen-bond donors (Lipinski definition) is 1. The topological polar surface area (TPSA) is 97.9 Å². The summed E-state index contributed by atoms with van der Waals surface area (Å²) in [6.45, 7) is 3.20. The number of nitro benzene ring substituents is 1. The molecule has 2 aromatic rings. The van der Waals surface area contributed by atoms with E-state index in [1.807, 2.05) is 12.1 Å². The number of carbonyl (C=O) groups excluding carboxylic acids is 1. The van der Waals surface area contributed by atoms with E-state index < -0.39 is 4.92 Å². The van der Waals surface area contributed by atoms with Crippen LogP contribution in [0, 0.1) is 10.1 Å². The Morgan fingerprint density at radius 3 is 2.56 bits per heavy atom. The standard InChI is InChI=1S/C17H19N3O5/c21-17(13-3-5-14(6-4-13)20(22)23)18-12-15(16-2-1-9-25-16)19-7-10-24-11-8-19/h1-6,9,15H,7-8,10-12H2,(H,18,21)/t15-/m0/s1. The minimum Gasteiger partial charge on any atom is -0.468 e. The molecule has 1 atom stereocenters. The Labute approximate surface area is 144 Å². The first-order chi connectivity index (χ1) is 12.1. The van der Waals surface area contributed by atoms with Gasteiger partial charge < -0.3 is 14.5 Å². The lowest BCUT2D eigenvalue weighted by Crippen LogP contribution is -2.43. The first kappa shape index (κ1) is 17.1. The van der Waals surface area contributed by atoms with Crippen molar-refractivity contribution in [3.05, 3.63) is 64.1 Å². The molecule has 0 radical (unpaired) electrons. The third-order valence-electron chi connectivity index (χ3n) is 4.15. The molecule has 1 N–H and O–H groups in total. The molecule has 8 heteroatoms. The summed E-state index contributed by atoms with van der Waals surface area (Å²) in [6, 6.07) is 9.16. The number of hydrogen-bond acceptors (Lipinski definition) is 6. The Morgan fingerprint density at radius 1 is 1.24 bits per heavy atom. The van der Waals surface area contributed by atoms with Gasteiger partial charge in [0, 0.05) is 37.3 Å². The predicted molar refractivity (Wildman–Crippen MR) is 89.3 cm³/mol. The van der Waals surface area contributed by atoms with Gasteiger partial charge in [0.05, 0.1) is 30.4 Å². The second-order valence-electron chi connectivity index (χ2n) is 5.69. The van der Waals surface area contributed by atoms with Crippen LogP contribution in [0.1, 0.15) is 22.2 Å². The molecule has 25 heavy (non-hydrogen) atoms. The quantitative estimate of drug-likeness (QED) is 0.635. The maximum absolute atomic E-state index is 12.3. The van der Waals surface area contributed by atoms with Crippen molar-refractivity contribution in [2.75, 3.05) is 32.8 Å². The van der Waals surface area contributed by atoms with Gasteiger partial charge in [-0.2, -0.15) is 0 Å². The van der Waals surface area contributed by atoms with Gasteiger partial charge in [-0.25, -0.2) is 0 Å². The fourth-order valence-corrected chi connectivity index (χ4v) is 2.81. The van der Waals surface area contributed by atoms with Crippen molar-refractivity contribution in [1.82, 2.24) is 10.2 Å². The summed E-state index contributed by atoms with van der Waals surface area (Å²) in [6.07, 6.45) is 1.61. The van der Waals surface area contributed by atoms with Crippen LogP contribution in [0.25, 0.3) is 0 Å². The van der Waals surface area contributed by atoms with Gasteiger partial charge in [0.1, 0.15) is 5.76 Å². The van der Waals surface area contributed by atoms with Crippen molar-refractivity contribution in [3.63, 3.8) is 0 Å². The van der Waals surface area contributed by atoms with E-state index in [9.17, 15) is 14.9 Å². The Bertz CT molecular complexity index is 708. The van der Waals surface area contributed by atoms with E-state index in [1.165, 1.54) is 24.3 Å². The number of non-ortho nitro benzene ring substituents is 1. The number of nitro groups is 1. The summed E-state index contributed by atoms with van der Waals surface area (Å²) in [5.74, 6) is 0.505. The van der Waals surface area contributed by atoms with E-state index in [1.54, 1.807) is 6.26 Å². The minimum atomic E-state index is -0.493. The maximum Gasteiger partial charge on any atom is 0.269 e. The normalized spacial score (nSPS) is 16.3. The number of morpholine rings is 1. The largest absolute Gasteiger partial charge is 0.468 e. The summed E-state index contributed by atoms with van der Waals surface area (Å²) in [5.41, 5.74) is 0.337. The van der Waals surface area contributed by atoms with Crippen molar-refractivity contribution in [2.24, 2.45) is 0 Å². The molecule has 1 aromatic heterocycles. The van der Waals surface area contributed by atoms with Crippen molar-refractivity contribution in [1.29, 1.82) is 0 Å². The van der Waals surface area contributed by atoms with E-state index in [0.29, 0.717) is 25.3 Å². The molecule has 3 rings (SSSR count). The Morgan fingerprint density at radius 2 is 1.96 bits per heavy atom. The first-order valence-electron chi connectivity index (χ1n) is 8.03. The highest BCUT2D eigenvalue weighted by Crippen LogP contribution is 2.22. The lowest BCUT2D eigenvalue weighted by Gasteiger charge is -2.33. The highest BCUT2D eigenvalue weighted by molar-refractivity contribution is 5.94. The van der Waals surface area contributed by atoms with Crippen molar-refractivity contribution < 1.29 is 18.9 Å². The number of carbonyl (C=O) groups is 1. The van der Waals surface area contributed by atoms with Crippen LogP contribution in [-0.2, 0) is 4.74 Å². The number of nitrogens with zero attached hydrogens (tertiary/aromatic N) is 2. The van der Waals surface area contributed by atoms with Crippen LogP contribution in [0.2, 0.25) is 0 Å². The van der Waals surface area contributed by atoms with Crippen LogP contribution >= 0.6 is 0 Å². The average molecular weight is 345 g/mol. The average Bonchev–Trinajstić information content (AvgIpc) is 3.17. The third-order valence-corrected chi connectivity index (χ3v) is 4.15. The van der Waals surface area contributed by atoms with Gasteiger partial charge in [-0.1, -0.05) is 0 Å². The number of furan rings is 1. The van der Waals surface area contributed by atoms with Crippen LogP contribution in [0.3, 0.4) is 0 Å². The summed E-state index contributed by atoms with van der Waals surface area (Å²) < 4.78 is 10.9. The Balaban J connectivity index is 1.65. The molecule has 1 amide bonds. The number of amides is 1. The second-order valence-corrected chi connectivity index (χ2v) is 5.69. The van der Waals surface area contributed by atoms with Crippen LogP contribution in [0.5, 0.6) is 0 Å². The first-order valence-corrected chi connectivity index (χ1v) is 8.03. The Hall–Kier alpha value is -2.71. The monoisotopic (exact) mass is 345 g/mol. The molecule has 0 bridgehead atoms. The molecule has 0 saturated carbocycles. The number of rotatable bonds is 6. The van der Waals surface area contributed by atoms with Crippen molar-refractivity contribution in [3.8, 4) is 0 Å². The van der Waals surface area contributed by atoms with E-state index >= 15 is 0 Å². The van der Waals surface area contributed by atoms with Crippen molar-refractivity contribution >= 4 is 11.6 Å². The molecule has 1 fully saturated rings. The summed E-state index contributed by atoms with van der Waals surface area (Å²) in [5, 5.41) is 13.6. The van der Waals surface area contributed by atoms with Crippen molar-refractivity contribution in [2.45, 2.75) is 6.04 Å². The molecule has 0 spiro atoms. The van der Waals surface area contributed by atoms with Gasteiger partial charge in [0.25, 0.3) is 11.6 Å². The van der Waals surface area contributed by atoms with Gasteiger partial charge in [0.2, 0.25) is 0 Å². The summed E-state index contributed by atoms with van der Waals surface area (Å²) in [4.78, 5) is 24.7. The van der Waals surface area contributed by atoms with Gasteiger partial charge in [-0.3, -0.25) is 19.8 Å². The molecular formula is C17H19N3O5. The molecule has 1 aliphatic heterocycles. The van der Waals surface area contributed by atoms with Crippen LogP contribution in [0.15, 0.2) is 47.1 Å². The zero-order valence-electron chi connectivity index (χ0n) is 13.6. The smallest absolute Gasteiger partial charge is 0.269 e. The van der Waals surface area contributed by atoms with E-state index in [0.717, 1.165) is 18.8 Å². The molecule has 132 valence electrons. The van der Waals surface area contributed by atoms with E-state index in [-0.39, 0.29) is 17.6 Å². The zero-order valence-corrected chi connectivity index (χ0v) is 13.6. The van der Waals surface area contributed by atoms with Crippen LogP contribution < -0.4 is 5.32 Å². The lowest BCUT2D eigenvalue weighted by molar-refractivity contribution is -0.384. The number of ether oxygens (including phenoxy) is 1. The fourth-order valence-electron chi connectivity index (χ4n) is 2.81. The molecule has 1 aromatic carbocycles. The highest BCUT2D eigenvalue weighted by atomic mass is 16.6. The van der Waals surface area contributed by atoms with Gasteiger partial charge in [-0.15, -0.1) is 0 Å². The molecule has 0 aliphatic carbocycles.